The maximum Gasteiger partial charge on any atom is 0.341 e. The summed E-state index contributed by atoms with van der Waals surface area (Å²) in [7, 11) is 1.65. The molecular weight excluding hydrogens is 390 g/mol. The van der Waals surface area contributed by atoms with Crippen LogP contribution in [0, 0.1) is 5.92 Å². The lowest BCUT2D eigenvalue weighted by molar-refractivity contribution is 0.0676. The minimum absolute atomic E-state index is 0.0385. The Balaban J connectivity index is 1.86. The molecule has 160 valence electrons. The lowest BCUT2D eigenvalue weighted by atomic mass is 9.96. The molecular formula is C22H25NO7. The molecule has 1 aromatic heterocycles. The van der Waals surface area contributed by atoms with Crippen LogP contribution in [-0.2, 0) is 11.2 Å². The number of fused-ring (bicyclic) bond motifs is 5. The Hall–Kier alpha value is -3.00. The van der Waals surface area contributed by atoms with E-state index in [-0.39, 0.29) is 11.5 Å². The van der Waals surface area contributed by atoms with E-state index in [1.54, 1.807) is 17.7 Å². The van der Waals surface area contributed by atoms with Crippen molar-refractivity contribution >= 4 is 5.97 Å². The van der Waals surface area contributed by atoms with Gasteiger partial charge in [0, 0.05) is 61.9 Å². The Labute approximate surface area is 173 Å². The van der Waals surface area contributed by atoms with Crippen molar-refractivity contribution in [2.75, 3.05) is 26.9 Å². The van der Waals surface area contributed by atoms with Crippen molar-refractivity contribution in [3.8, 4) is 28.5 Å². The van der Waals surface area contributed by atoms with Gasteiger partial charge >= 0.3 is 5.97 Å². The SMILES string of the molecule is COCCCOc1cc2c(c3c1OCC3)-c1cc(=O)c(C(=O)O)cn1C(C(C)C)O2. The number of hydrogen-bond donors (Lipinski definition) is 1. The third-order valence-corrected chi connectivity index (χ3v) is 5.32. The van der Waals surface area contributed by atoms with Crippen molar-refractivity contribution in [2.24, 2.45) is 5.92 Å². The zero-order valence-electron chi connectivity index (χ0n) is 17.3. The third kappa shape index (κ3) is 3.41. The number of carboxylic acids is 1. The summed E-state index contributed by atoms with van der Waals surface area (Å²) in [5, 5.41) is 9.40. The van der Waals surface area contributed by atoms with Gasteiger partial charge in [-0.3, -0.25) is 4.79 Å². The highest BCUT2D eigenvalue weighted by molar-refractivity contribution is 5.88. The molecule has 1 unspecified atom stereocenters. The van der Waals surface area contributed by atoms with Gasteiger partial charge in [0.15, 0.2) is 23.2 Å². The van der Waals surface area contributed by atoms with Crippen molar-refractivity contribution in [1.29, 1.82) is 0 Å². The molecule has 2 aliphatic heterocycles. The van der Waals surface area contributed by atoms with Crippen LogP contribution in [0.2, 0.25) is 0 Å². The van der Waals surface area contributed by atoms with E-state index in [4.69, 9.17) is 18.9 Å². The number of aromatic carboxylic acids is 1. The highest BCUT2D eigenvalue weighted by Crippen LogP contribution is 2.51. The van der Waals surface area contributed by atoms with Gasteiger partial charge < -0.3 is 28.6 Å². The lowest BCUT2D eigenvalue weighted by Gasteiger charge is -2.34. The molecule has 2 aromatic rings. The summed E-state index contributed by atoms with van der Waals surface area (Å²) in [6.07, 6.45) is 2.32. The van der Waals surface area contributed by atoms with Crippen LogP contribution < -0.4 is 19.6 Å². The molecule has 0 bridgehead atoms. The Bertz CT molecular complexity index is 1040. The number of carbonyl (C=O) groups is 1. The molecule has 8 heteroatoms. The number of aromatic nitrogens is 1. The monoisotopic (exact) mass is 415 g/mol. The molecule has 0 radical (unpaired) electrons. The van der Waals surface area contributed by atoms with Crippen LogP contribution in [0.4, 0.5) is 0 Å². The molecule has 1 aromatic carbocycles. The number of hydrogen-bond acceptors (Lipinski definition) is 6. The van der Waals surface area contributed by atoms with Gasteiger partial charge in [0.25, 0.3) is 0 Å². The maximum atomic E-state index is 12.5. The van der Waals surface area contributed by atoms with E-state index < -0.39 is 17.6 Å². The van der Waals surface area contributed by atoms with Gasteiger partial charge in [0.1, 0.15) is 11.3 Å². The second-order valence-electron chi connectivity index (χ2n) is 7.75. The highest BCUT2D eigenvalue weighted by Gasteiger charge is 2.35. The van der Waals surface area contributed by atoms with Crippen molar-refractivity contribution in [2.45, 2.75) is 32.9 Å². The zero-order chi connectivity index (χ0) is 21.4. The molecule has 4 rings (SSSR count). The molecule has 30 heavy (non-hydrogen) atoms. The molecule has 3 heterocycles. The molecule has 0 fully saturated rings. The molecule has 2 aliphatic rings. The van der Waals surface area contributed by atoms with Crippen LogP contribution in [0.15, 0.2) is 23.1 Å². The van der Waals surface area contributed by atoms with Crippen molar-refractivity contribution in [3.63, 3.8) is 0 Å². The second-order valence-corrected chi connectivity index (χ2v) is 7.75. The average Bonchev–Trinajstić information content (AvgIpc) is 3.19. The van der Waals surface area contributed by atoms with E-state index in [9.17, 15) is 14.7 Å². The van der Waals surface area contributed by atoms with Crippen LogP contribution in [-0.4, -0.2) is 42.6 Å². The molecule has 0 aliphatic carbocycles. The summed E-state index contributed by atoms with van der Waals surface area (Å²) < 4.78 is 24.9. The Morgan fingerprint density at radius 2 is 2.13 bits per heavy atom. The summed E-state index contributed by atoms with van der Waals surface area (Å²) in [6.45, 7) is 5.55. The highest BCUT2D eigenvalue weighted by atomic mass is 16.5. The minimum atomic E-state index is -1.25. The molecule has 0 saturated heterocycles. The number of pyridine rings is 1. The van der Waals surface area contributed by atoms with E-state index in [0.717, 1.165) is 17.5 Å². The molecule has 1 N–H and O–H groups in total. The Morgan fingerprint density at radius 1 is 1.33 bits per heavy atom. The summed E-state index contributed by atoms with van der Waals surface area (Å²) in [5.41, 5.74) is 1.50. The predicted octanol–water partition coefficient (Wildman–Crippen LogP) is 3.11. The maximum absolute atomic E-state index is 12.5. The van der Waals surface area contributed by atoms with Crippen molar-refractivity contribution in [3.05, 3.63) is 39.7 Å². The van der Waals surface area contributed by atoms with Gasteiger partial charge in [-0.05, 0) is 0 Å². The third-order valence-electron chi connectivity index (χ3n) is 5.32. The summed E-state index contributed by atoms with van der Waals surface area (Å²) in [5.74, 6) is 0.660. The fourth-order valence-corrected chi connectivity index (χ4v) is 3.95. The molecule has 0 saturated carbocycles. The molecule has 1 atom stereocenters. The van der Waals surface area contributed by atoms with Crippen LogP contribution in [0.3, 0.4) is 0 Å². The fraction of sp³-hybridized carbons (Fsp3) is 0.455. The van der Waals surface area contributed by atoms with E-state index in [1.807, 2.05) is 13.8 Å². The minimum Gasteiger partial charge on any atom is -0.489 e. The first-order chi connectivity index (χ1) is 14.4. The number of benzene rings is 1. The summed E-state index contributed by atoms with van der Waals surface area (Å²) >= 11 is 0. The smallest absolute Gasteiger partial charge is 0.341 e. The molecule has 8 nitrogen and oxygen atoms in total. The van der Waals surface area contributed by atoms with Crippen molar-refractivity contribution in [1.82, 2.24) is 4.57 Å². The molecule has 0 amide bonds. The summed E-state index contributed by atoms with van der Waals surface area (Å²) in [4.78, 5) is 24.0. The normalized spacial score (nSPS) is 16.3. The summed E-state index contributed by atoms with van der Waals surface area (Å²) in [6, 6.07) is 3.19. The van der Waals surface area contributed by atoms with Crippen molar-refractivity contribution < 1.29 is 28.8 Å². The number of rotatable bonds is 7. The van der Waals surface area contributed by atoms with E-state index in [1.165, 1.54) is 12.3 Å². The van der Waals surface area contributed by atoms with Crippen LogP contribution in [0.25, 0.3) is 11.3 Å². The first kappa shape index (κ1) is 20.3. The van der Waals surface area contributed by atoms with Gasteiger partial charge in [-0.1, -0.05) is 13.8 Å². The number of carboxylic acid groups (broad SMARTS) is 1. The van der Waals surface area contributed by atoms with Gasteiger partial charge in [-0.2, -0.15) is 0 Å². The average molecular weight is 415 g/mol. The van der Waals surface area contributed by atoms with Gasteiger partial charge in [0.05, 0.1) is 18.9 Å². The van der Waals surface area contributed by atoms with Gasteiger partial charge in [-0.15, -0.1) is 0 Å². The zero-order valence-corrected chi connectivity index (χ0v) is 17.3. The number of ether oxygens (including phenoxy) is 4. The fourth-order valence-electron chi connectivity index (χ4n) is 3.95. The quantitative estimate of drug-likeness (QED) is 0.694. The van der Waals surface area contributed by atoms with E-state index in [0.29, 0.717) is 49.2 Å². The standard InChI is InChI=1S/C22H25NO7/c1-12(2)21-23-11-14(22(25)26)16(24)9-15(23)19-13-5-8-29-20(13)18(10-17(19)30-21)28-7-4-6-27-3/h9-12,21H,4-8H2,1-3H3,(H,25,26). The van der Waals surface area contributed by atoms with E-state index in [2.05, 4.69) is 0 Å². The number of nitrogens with zero attached hydrogens (tertiary/aromatic N) is 1. The molecule has 0 spiro atoms. The Kier molecular flexibility index (Phi) is 5.42. The van der Waals surface area contributed by atoms with Gasteiger partial charge in [-0.25, -0.2) is 4.79 Å². The topological polar surface area (TPSA) is 96.2 Å². The van der Waals surface area contributed by atoms with E-state index >= 15 is 0 Å². The van der Waals surface area contributed by atoms with Crippen LogP contribution >= 0.6 is 0 Å². The predicted molar refractivity (Wildman–Crippen MR) is 109 cm³/mol. The Morgan fingerprint density at radius 3 is 2.83 bits per heavy atom. The lowest BCUT2D eigenvalue weighted by Crippen LogP contribution is -2.30. The van der Waals surface area contributed by atoms with Crippen LogP contribution in [0.5, 0.6) is 17.2 Å². The first-order valence-electron chi connectivity index (χ1n) is 10.0. The number of methoxy groups -OCH3 is 1. The van der Waals surface area contributed by atoms with Gasteiger partial charge in [0.2, 0.25) is 0 Å². The second kappa shape index (κ2) is 8.02. The largest absolute Gasteiger partial charge is 0.489 e. The van der Waals surface area contributed by atoms with Crippen LogP contribution in [0.1, 0.15) is 42.4 Å². The first-order valence-corrected chi connectivity index (χ1v) is 10.0.